The second kappa shape index (κ2) is 5.89. The summed E-state index contributed by atoms with van der Waals surface area (Å²) in [5.74, 6) is 0.717. The Morgan fingerprint density at radius 2 is 2.05 bits per heavy atom. The van der Waals surface area contributed by atoms with Crippen molar-refractivity contribution in [3.05, 3.63) is 48.0 Å². The SMILES string of the molecule is CCn1cncc1C(O)c1ccccc1OC(C)C. The summed E-state index contributed by atoms with van der Waals surface area (Å²) in [4.78, 5) is 4.09. The molecule has 1 heterocycles. The first-order valence-electron chi connectivity index (χ1n) is 6.57. The maximum absolute atomic E-state index is 10.5. The van der Waals surface area contributed by atoms with Gasteiger partial charge in [-0.25, -0.2) is 4.98 Å². The Bertz CT molecular complexity index is 534. The van der Waals surface area contributed by atoms with Crippen LogP contribution in [0.25, 0.3) is 0 Å². The number of aryl methyl sites for hydroxylation is 1. The molecular weight excluding hydrogens is 240 g/mol. The molecule has 0 bridgehead atoms. The van der Waals surface area contributed by atoms with Crippen LogP contribution < -0.4 is 4.74 Å². The lowest BCUT2D eigenvalue weighted by Crippen LogP contribution is -2.12. The van der Waals surface area contributed by atoms with Crippen LogP contribution in [0.1, 0.15) is 38.1 Å². The Morgan fingerprint density at radius 3 is 2.74 bits per heavy atom. The molecule has 1 N–H and O–H groups in total. The minimum atomic E-state index is -0.725. The topological polar surface area (TPSA) is 47.3 Å². The average molecular weight is 260 g/mol. The number of aliphatic hydroxyl groups excluding tert-OH is 1. The van der Waals surface area contributed by atoms with E-state index in [1.165, 1.54) is 0 Å². The summed E-state index contributed by atoms with van der Waals surface area (Å²) in [6.07, 6.45) is 2.77. The number of nitrogens with zero attached hydrogens (tertiary/aromatic N) is 2. The van der Waals surface area contributed by atoms with Gasteiger partial charge in [0.1, 0.15) is 11.9 Å². The van der Waals surface area contributed by atoms with Crippen LogP contribution >= 0.6 is 0 Å². The number of aromatic nitrogens is 2. The molecule has 4 heteroatoms. The fraction of sp³-hybridized carbons (Fsp3) is 0.400. The molecule has 102 valence electrons. The molecule has 0 fully saturated rings. The normalized spacial score (nSPS) is 12.7. The van der Waals surface area contributed by atoms with Gasteiger partial charge in [0.2, 0.25) is 0 Å². The quantitative estimate of drug-likeness (QED) is 0.899. The van der Waals surface area contributed by atoms with Gasteiger partial charge in [-0.15, -0.1) is 0 Å². The highest BCUT2D eigenvalue weighted by molar-refractivity contribution is 5.38. The van der Waals surface area contributed by atoms with E-state index < -0.39 is 6.10 Å². The Kier molecular flexibility index (Phi) is 4.22. The van der Waals surface area contributed by atoms with Crippen molar-refractivity contribution >= 4 is 0 Å². The van der Waals surface area contributed by atoms with Crippen molar-refractivity contribution in [3.63, 3.8) is 0 Å². The molecule has 1 aromatic carbocycles. The number of benzene rings is 1. The van der Waals surface area contributed by atoms with Gasteiger partial charge in [-0.2, -0.15) is 0 Å². The number of imidazole rings is 1. The fourth-order valence-corrected chi connectivity index (χ4v) is 2.05. The van der Waals surface area contributed by atoms with Gasteiger partial charge in [0, 0.05) is 12.1 Å². The van der Waals surface area contributed by atoms with E-state index >= 15 is 0 Å². The molecule has 1 atom stereocenters. The second-order valence-corrected chi connectivity index (χ2v) is 4.71. The van der Waals surface area contributed by atoms with Crippen molar-refractivity contribution in [2.45, 2.75) is 39.5 Å². The zero-order valence-electron chi connectivity index (χ0n) is 11.6. The molecule has 0 saturated heterocycles. The van der Waals surface area contributed by atoms with Gasteiger partial charge in [0.15, 0.2) is 0 Å². The minimum absolute atomic E-state index is 0.0736. The predicted octanol–water partition coefficient (Wildman–Crippen LogP) is 2.77. The number of hydrogen-bond acceptors (Lipinski definition) is 3. The van der Waals surface area contributed by atoms with Crippen LogP contribution in [0.15, 0.2) is 36.8 Å². The van der Waals surface area contributed by atoms with E-state index in [4.69, 9.17) is 4.74 Å². The van der Waals surface area contributed by atoms with E-state index in [1.807, 2.05) is 49.6 Å². The summed E-state index contributed by atoms with van der Waals surface area (Å²) in [6, 6.07) is 7.57. The number of para-hydroxylation sites is 1. The smallest absolute Gasteiger partial charge is 0.125 e. The maximum atomic E-state index is 10.5. The minimum Gasteiger partial charge on any atom is -0.491 e. The van der Waals surface area contributed by atoms with E-state index in [1.54, 1.807) is 12.5 Å². The number of aliphatic hydroxyl groups is 1. The Balaban J connectivity index is 2.36. The van der Waals surface area contributed by atoms with Crippen molar-refractivity contribution in [2.24, 2.45) is 0 Å². The highest BCUT2D eigenvalue weighted by Gasteiger charge is 2.19. The van der Waals surface area contributed by atoms with Crippen LogP contribution in [0.5, 0.6) is 5.75 Å². The van der Waals surface area contributed by atoms with Crippen molar-refractivity contribution in [3.8, 4) is 5.75 Å². The highest BCUT2D eigenvalue weighted by atomic mass is 16.5. The summed E-state index contributed by atoms with van der Waals surface area (Å²) < 4.78 is 7.68. The van der Waals surface area contributed by atoms with Gasteiger partial charge in [-0.05, 0) is 26.8 Å². The van der Waals surface area contributed by atoms with Crippen LogP contribution in [0, 0.1) is 0 Å². The van der Waals surface area contributed by atoms with E-state index in [9.17, 15) is 5.11 Å². The lowest BCUT2D eigenvalue weighted by atomic mass is 10.1. The molecule has 0 aliphatic heterocycles. The van der Waals surface area contributed by atoms with Gasteiger partial charge in [0.05, 0.1) is 24.3 Å². The van der Waals surface area contributed by atoms with Crippen LogP contribution in [0.2, 0.25) is 0 Å². The number of hydrogen-bond donors (Lipinski definition) is 1. The van der Waals surface area contributed by atoms with E-state index in [2.05, 4.69) is 4.98 Å². The first-order chi connectivity index (χ1) is 9.13. The second-order valence-electron chi connectivity index (χ2n) is 4.71. The van der Waals surface area contributed by atoms with Gasteiger partial charge in [-0.1, -0.05) is 18.2 Å². The van der Waals surface area contributed by atoms with E-state index in [-0.39, 0.29) is 6.10 Å². The van der Waals surface area contributed by atoms with Crippen molar-refractivity contribution in [1.29, 1.82) is 0 Å². The standard InChI is InChI=1S/C15H20N2O2/c1-4-17-10-16-9-13(17)15(18)12-7-5-6-8-14(12)19-11(2)3/h5-11,15,18H,4H2,1-3H3. The van der Waals surface area contributed by atoms with Gasteiger partial charge in [0.25, 0.3) is 0 Å². The zero-order chi connectivity index (χ0) is 13.8. The van der Waals surface area contributed by atoms with Crippen LogP contribution in [0.3, 0.4) is 0 Å². The lowest BCUT2D eigenvalue weighted by molar-refractivity contribution is 0.191. The molecule has 19 heavy (non-hydrogen) atoms. The molecule has 0 radical (unpaired) electrons. The molecule has 0 spiro atoms. The Labute approximate surface area is 113 Å². The predicted molar refractivity (Wildman–Crippen MR) is 74.2 cm³/mol. The van der Waals surface area contributed by atoms with Crippen LogP contribution in [-0.2, 0) is 6.54 Å². The molecule has 1 unspecified atom stereocenters. The van der Waals surface area contributed by atoms with Gasteiger partial charge < -0.3 is 14.4 Å². The van der Waals surface area contributed by atoms with Gasteiger partial charge >= 0.3 is 0 Å². The van der Waals surface area contributed by atoms with Crippen molar-refractivity contribution in [2.75, 3.05) is 0 Å². The molecule has 1 aromatic heterocycles. The fourth-order valence-electron chi connectivity index (χ4n) is 2.05. The third-order valence-corrected chi connectivity index (χ3v) is 2.94. The Morgan fingerprint density at radius 1 is 1.32 bits per heavy atom. The summed E-state index contributed by atoms with van der Waals surface area (Å²) in [5.41, 5.74) is 1.55. The summed E-state index contributed by atoms with van der Waals surface area (Å²) in [7, 11) is 0. The summed E-state index contributed by atoms with van der Waals surface area (Å²) in [5, 5.41) is 10.5. The monoisotopic (exact) mass is 260 g/mol. The Hall–Kier alpha value is -1.81. The molecule has 4 nitrogen and oxygen atoms in total. The lowest BCUT2D eigenvalue weighted by Gasteiger charge is -2.18. The summed E-state index contributed by atoms with van der Waals surface area (Å²) >= 11 is 0. The third kappa shape index (κ3) is 2.96. The van der Waals surface area contributed by atoms with E-state index in [0.717, 1.165) is 17.8 Å². The number of ether oxygens (including phenoxy) is 1. The van der Waals surface area contributed by atoms with Crippen LogP contribution in [0.4, 0.5) is 0 Å². The molecule has 2 rings (SSSR count). The zero-order valence-corrected chi connectivity index (χ0v) is 11.6. The van der Waals surface area contributed by atoms with Gasteiger partial charge in [-0.3, -0.25) is 0 Å². The molecule has 0 saturated carbocycles. The molecule has 2 aromatic rings. The molecule has 0 amide bonds. The first kappa shape index (κ1) is 13.6. The van der Waals surface area contributed by atoms with Crippen LogP contribution in [-0.4, -0.2) is 20.8 Å². The third-order valence-electron chi connectivity index (χ3n) is 2.94. The van der Waals surface area contributed by atoms with E-state index in [0.29, 0.717) is 5.75 Å². The summed E-state index contributed by atoms with van der Waals surface area (Å²) in [6.45, 7) is 6.74. The average Bonchev–Trinajstić information content (AvgIpc) is 2.86. The largest absolute Gasteiger partial charge is 0.491 e. The molecule has 0 aliphatic rings. The maximum Gasteiger partial charge on any atom is 0.125 e. The first-order valence-corrected chi connectivity index (χ1v) is 6.57. The molecule has 0 aliphatic carbocycles. The van der Waals surface area contributed by atoms with Crippen molar-refractivity contribution < 1.29 is 9.84 Å². The number of rotatable bonds is 5. The highest BCUT2D eigenvalue weighted by Crippen LogP contribution is 2.30. The van der Waals surface area contributed by atoms with Crippen molar-refractivity contribution in [1.82, 2.24) is 9.55 Å². The molecular formula is C15H20N2O2.